The third kappa shape index (κ3) is 2.71. The van der Waals surface area contributed by atoms with Gasteiger partial charge in [-0.05, 0) is 30.2 Å². The second kappa shape index (κ2) is 5.38. The van der Waals surface area contributed by atoms with E-state index in [0.717, 1.165) is 13.0 Å². The fraction of sp³-hybridized carbons (Fsp3) is 0.273. The smallest absolute Gasteiger partial charge is 0.117 e. The Balaban J connectivity index is 0.00000112. The van der Waals surface area contributed by atoms with Crippen LogP contribution in [0.1, 0.15) is 17.9 Å². The number of halogens is 1. The molecule has 1 aliphatic heterocycles. The van der Waals surface area contributed by atoms with Gasteiger partial charge in [0, 0.05) is 24.9 Å². The number of nitriles is 1. The zero-order valence-corrected chi connectivity index (χ0v) is 9.00. The molecule has 0 saturated heterocycles. The molecule has 1 aliphatic rings. The van der Waals surface area contributed by atoms with Crippen molar-refractivity contribution in [3.05, 3.63) is 41.9 Å². The topological polar surface area (TPSA) is 48.7 Å². The van der Waals surface area contributed by atoms with Crippen LogP contribution in [-0.2, 0) is 0 Å². The molecule has 1 N–H and O–H groups in total. The highest BCUT2D eigenvalue weighted by Gasteiger charge is 2.14. The number of nitrogens with one attached hydrogen (secondary N) is 1. The Kier molecular flexibility index (Phi) is 4.14. The first kappa shape index (κ1) is 11.5. The van der Waals surface area contributed by atoms with E-state index in [1.165, 1.54) is 5.56 Å². The normalized spacial score (nSPS) is 19.1. The van der Waals surface area contributed by atoms with Gasteiger partial charge in [0.05, 0.1) is 0 Å². The largest absolute Gasteiger partial charge is 0.376 e. The molecule has 2 heterocycles. The lowest BCUT2D eigenvalue weighted by Gasteiger charge is -2.20. The summed E-state index contributed by atoms with van der Waals surface area (Å²) in [5, 5.41) is 11.8. The Morgan fingerprint density at radius 2 is 2.13 bits per heavy atom. The minimum Gasteiger partial charge on any atom is -0.376 e. The van der Waals surface area contributed by atoms with Crippen LogP contribution < -0.4 is 5.32 Å². The van der Waals surface area contributed by atoms with Crippen molar-refractivity contribution in [2.24, 2.45) is 0 Å². The highest BCUT2D eigenvalue weighted by molar-refractivity contribution is 5.85. The molecule has 1 unspecified atom stereocenters. The quantitative estimate of drug-likeness (QED) is 0.789. The second-order valence-electron chi connectivity index (χ2n) is 3.32. The maximum Gasteiger partial charge on any atom is 0.117 e. The molecule has 1 aromatic rings. The van der Waals surface area contributed by atoms with Crippen molar-refractivity contribution in [2.75, 3.05) is 6.54 Å². The van der Waals surface area contributed by atoms with E-state index in [1.54, 1.807) is 12.4 Å². The van der Waals surface area contributed by atoms with Gasteiger partial charge >= 0.3 is 0 Å². The van der Waals surface area contributed by atoms with E-state index in [1.807, 2.05) is 18.2 Å². The van der Waals surface area contributed by atoms with Crippen molar-refractivity contribution in [2.45, 2.75) is 12.3 Å². The van der Waals surface area contributed by atoms with E-state index in [9.17, 15) is 0 Å². The SMILES string of the molecule is Cl.N#CC1=CCC(c2ccncc2)CN1. The Morgan fingerprint density at radius 3 is 2.67 bits per heavy atom. The molecule has 0 fully saturated rings. The highest BCUT2D eigenvalue weighted by Crippen LogP contribution is 2.22. The maximum atomic E-state index is 8.66. The third-order valence-electron chi connectivity index (χ3n) is 2.44. The van der Waals surface area contributed by atoms with Crippen LogP contribution in [0, 0.1) is 11.3 Å². The predicted molar refractivity (Wildman–Crippen MR) is 60.5 cm³/mol. The average Bonchev–Trinajstić information content (AvgIpc) is 2.30. The molecule has 0 aromatic carbocycles. The van der Waals surface area contributed by atoms with E-state index in [-0.39, 0.29) is 12.4 Å². The average molecular weight is 222 g/mol. The summed E-state index contributed by atoms with van der Waals surface area (Å²) >= 11 is 0. The van der Waals surface area contributed by atoms with Gasteiger partial charge < -0.3 is 5.32 Å². The predicted octanol–water partition coefficient (Wildman–Crippen LogP) is 1.99. The number of aromatic nitrogens is 1. The van der Waals surface area contributed by atoms with E-state index in [0.29, 0.717) is 11.6 Å². The first-order chi connectivity index (χ1) is 6.90. The summed E-state index contributed by atoms with van der Waals surface area (Å²) in [5.41, 5.74) is 1.97. The summed E-state index contributed by atoms with van der Waals surface area (Å²) in [5.74, 6) is 0.468. The van der Waals surface area contributed by atoms with Crippen LogP contribution in [-0.4, -0.2) is 11.5 Å². The molecule has 0 spiro atoms. The van der Waals surface area contributed by atoms with Gasteiger partial charge in [-0.15, -0.1) is 12.4 Å². The van der Waals surface area contributed by atoms with Crippen molar-refractivity contribution in [3.8, 4) is 6.07 Å². The van der Waals surface area contributed by atoms with Gasteiger partial charge in [0.25, 0.3) is 0 Å². The Morgan fingerprint density at radius 1 is 1.40 bits per heavy atom. The van der Waals surface area contributed by atoms with Gasteiger partial charge in [0.1, 0.15) is 11.8 Å². The molecule has 0 saturated carbocycles. The number of nitrogens with zero attached hydrogens (tertiary/aromatic N) is 2. The number of allylic oxidation sites excluding steroid dienone is 2. The van der Waals surface area contributed by atoms with Crippen LogP contribution in [0.4, 0.5) is 0 Å². The van der Waals surface area contributed by atoms with E-state index in [2.05, 4.69) is 16.4 Å². The maximum absolute atomic E-state index is 8.66. The molecule has 1 aromatic heterocycles. The molecule has 0 aliphatic carbocycles. The first-order valence-electron chi connectivity index (χ1n) is 4.64. The third-order valence-corrected chi connectivity index (χ3v) is 2.44. The van der Waals surface area contributed by atoms with Crippen molar-refractivity contribution >= 4 is 12.4 Å². The summed E-state index contributed by atoms with van der Waals surface area (Å²) in [6.45, 7) is 0.837. The number of rotatable bonds is 1. The van der Waals surface area contributed by atoms with Crippen molar-refractivity contribution in [3.63, 3.8) is 0 Å². The molecule has 0 amide bonds. The lowest BCUT2D eigenvalue weighted by Crippen LogP contribution is -2.24. The molecule has 1 atom stereocenters. The molecule has 4 heteroatoms. The standard InChI is InChI=1S/C11H11N3.ClH/c12-7-11-2-1-10(8-14-11)9-3-5-13-6-4-9;/h2-6,10,14H,1,8H2;1H. The number of pyridine rings is 1. The minimum absolute atomic E-state index is 0. The fourth-order valence-corrected chi connectivity index (χ4v) is 1.62. The second-order valence-corrected chi connectivity index (χ2v) is 3.32. The summed E-state index contributed by atoms with van der Waals surface area (Å²) in [4.78, 5) is 3.98. The summed E-state index contributed by atoms with van der Waals surface area (Å²) < 4.78 is 0. The Hall–Kier alpha value is -1.53. The van der Waals surface area contributed by atoms with Crippen LogP contribution in [0.2, 0.25) is 0 Å². The molecular formula is C11H12ClN3. The van der Waals surface area contributed by atoms with Crippen LogP contribution in [0.25, 0.3) is 0 Å². The molecule has 2 rings (SSSR count). The summed E-state index contributed by atoms with van der Waals surface area (Å²) in [7, 11) is 0. The zero-order valence-electron chi connectivity index (χ0n) is 8.18. The zero-order chi connectivity index (χ0) is 9.80. The lowest BCUT2D eigenvalue weighted by atomic mass is 9.94. The van der Waals surface area contributed by atoms with Crippen LogP contribution in [0.5, 0.6) is 0 Å². The summed E-state index contributed by atoms with van der Waals surface area (Å²) in [6.07, 6.45) is 6.49. The van der Waals surface area contributed by atoms with E-state index < -0.39 is 0 Å². The van der Waals surface area contributed by atoms with Crippen molar-refractivity contribution < 1.29 is 0 Å². The van der Waals surface area contributed by atoms with Crippen molar-refractivity contribution in [1.29, 1.82) is 5.26 Å². The molecule has 78 valence electrons. The van der Waals surface area contributed by atoms with Gasteiger partial charge in [0.2, 0.25) is 0 Å². The molecule has 0 bridgehead atoms. The molecule has 15 heavy (non-hydrogen) atoms. The summed E-state index contributed by atoms with van der Waals surface area (Å²) in [6, 6.07) is 6.16. The van der Waals surface area contributed by atoms with Gasteiger partial charge in [-0.25, -0.2) is 0 Å². The monoisotopic (exact) mass is 221 g/mol. The first-order valence-corrected chi connectivity index (χ1v) is 4.64. The lowest BCUT2D eigenvalue weighted by molar-refractivity contribution is 0.611. The Bertz CT molecular complexity index is 381. The van der Waals surface area contributed by atoms with Crippen LogP contribution in [0.15, 0.2) is 36.3 Å². The minimum atomic E-state index is 0. The Labute approximate surface area is 95.2 Å². The molecular weight excluding hydrogens is 210 g/mol. The molecule has 0 radical (unpaired) electrons. The van der Waals surface area contributed by atoms with E-state index >= 15 is 0 Å². The number of hydrogen-bond donors (Lipinski definition) is 1. The fourth-order valence-electron chi connectivity index (χ4n) is 1.62. The highest BCUT2D eigenvalue weighted by atomic mass is 35.5. The van der Waals surface area contributed by atoms with Crippen molar-refractivity contribution in [1.82, 2.24) is 10.3 Å². The van der Waals surface area contributed by atoms with Gasteiger partial charge in [-0.2, -0.15) is 5.26 Å². The van der Waals surface area contributed by atoms with Gasteiger partial charge in [-0.3, -0.25) is 4.98 Å². The van der Waals surface area contributed by atoms with E-state index in [4.69, 9.17) is 5.26 Å². The van der Waals surface area contributed by atoms with Crippen LogP contribution in [0.3, 0.4) is 0 Å². The van der Waals surface area contributed by atoms with Crippen LogP contribution >= 0.6 is 12.4 Å². The van der Waals surface area contributed by atoms with Gasteiger partial charge in [0.15, 0.2) is 0 Å². The van der Waals surface area contributed by atoms with Gasteiger partial charge in [-0.1, -0.05) is 0 Å². The number of hydrogen-bond acceptors (Lipinski definition) is 3. The molecule has 3 nitrogen and oxygen atoms in total.